The van der Waals surface area contributed by atoms with Gasteiger partial charge in [0.05, 0.1) is 18.1 Å². The lowest BCUT2D eigenvalue weighted by atomic mass is 10.1. The summed E-state index contributed by atoms with van der Waals surface area (Å²) in [6, 6.07) is 2.22. The van der Waals surface area contributed by atoms with Gasteiger partial charge in [-0.15, -0.1) is 0 Å². The minimum Gasteiger partial charge on any atom is -0.396 e. The molecular formula is C10H15NO3. The molecule has 2 rings (SSSR count). The molecule has 0 radical (unpaired) electrons. The van der Waals surface area contributed by atoms with Gasteiger partial charge in [0.2, 0.25) is 0 Å². The van der Waals surface area contributed by atoms with Crippen LogP contribution in [0.4, 0.5) is 0 Å². The average molecular weight is 197 g/mol. The topological polar surface area (TPSA) is 62.5 Å². The van der Waals surface area contributed by atoms with Crippen molar-refractivity contribution in [2.24, 2.45) is 11.8 Å². The first kappa shape index (κ1) is 9.91. The van der Waals surface area contributed by atoms with Crippen molar-refractivity contribution in [2.75, 3.05) is 6.61 Å². The molecule has 1 N–H and O–H groups in total. The molecule has 1 saturated carbocycles. The fraction of sp³-hybridized carbons (Fsp3) is 0.900. The molecular weight excluding hydrogens is 182 g/mol. The molecule has 0 aromatic heterocycles. The van der Waals surface area contributed by atoms with Crippen molar-refractivity contribution >= 4 is 0 Å². The lowest BCUT2D eigenvalue weighted by molar-refractivity contribution is -0.160. The third-order valence-electron chi connectivity index (χ3n) is 2.98. The zero-order valence-electron chi connectivity index (χ0n) is 8.43. The van der Waals surface area contributed by atoms with E-state index in [0.29, 0.717) is 6.42 Å². The highest BCUT2D eigenvalue weighted by molar-refractivity contribution is 5.05. The van der Waals surface area contributed by atoms with Gasteiger partial charge in [-0.3, -0.25) is 0 Å². The number of ether oxygens (including phenoxy) is 2. The van der Waals surface area contributed by atoms with E-state index in [-0.39, 0.29) is 30.7 Å². The second kappa shape index (κ2) is 3.20. The Labute approximate surface area is 83.4 Å². The summed E-state index contributed by atoms with van der Waals surface area (Å²) in [6.07, 6.45) is 0.407. The highest BCUT2D eigenvalue weighted by atomic mass is 16.8. The normalized spacial score (nSPS) is 44.7. The highest BCUT2D eigenvalue weighted by Crippen LogP contribution is 2.44. The number of nitrogens with zero attached hydrogens (tertiary/aromatic N) is 1. The second-order valence-electron chi connectivity index (χ2n) is 4.48. The van der Waals surface area contributed by atoms with E-state index in [4.69, 9.17) is 19.8 Å². The Balaban J connectivity index is 2.17. The number of hydrogen-bond donors (Lipinski definition) is 1. The quantitative estimate of drug-likeness (QED) is 0.670. The Bertz CT molecular complexity index is 271. The van der Waals surface area contributed by atoms with E-state index >= 15 is 0 Å². The standard InChI is InChI=1S/C10H15NO3/c1-10(2)13-8-6(4-11)3-7(5-12)9(8)14-10/h6-9,12H,3,5H2,1-2H3. The number of hydrogen-bond acceptors (Lipinski definition) is 4. The van der Waals surface area contributed by atoms with Gasteiger partial charge in [0.15, 0.2) is 5.79 Å². The maximum atomic E-state index is 9.15. The molecule has 14 heavy (non-hydrogen) atoms. The summed E-state index contributed by atoms with van der Waals surface area (Å²) in [4.78, 5) is 0. The van der Waals surface area contributed by atoms with Gasteiger partial charge in [-0.2, -0.15) is 5.26 Å². The number of fused-ring (bicyclic) bond motifs is 1. The molecule has 2 aliphatic rings. The fourth-order valence-electron chi connectivity index (χ4n) is 2.39. The van der Waals surface area contributed by atoms with Crippen molar-refractivity contribution in [1.82, 2.24) is 0 Å². The summed E-state index contributed by atoms with van der Waals surface area (Å²) in [5, 5.41) is 18.1. The summed E-state index contributed by atoms with van der Waals surface area (Å²) >= 11 is 0. The first-order valence-corrected chi connectivity index (χ1v) is 4.93. The zero-order chi connectivity index (χ0) is 10.3. The molecule has 0 bridgehead atoms. The van der Waals surface area contributed by atoms with Crippen LogP contribution < -0.4 is 0 Å². The van der Waals surface area contributed by atoms with Gasteiger partial charge in [-0.1, -0.05) is 0 Å². The second-order valence-corrected chi connectivity index (χ2v) is 4.48. The number of nitriles is 1. The molecule has 4 atom stereocenters. The maximum Gasteiger partial charge on any atom is 0.163 e. The number of aliphatic hydroxyl groups excluding tert-OH is 1. The van der Waals surface area contributed by atoms with E-state index in [1.165, 1.54) is 0 Å². The largest absolute Gasteiger partial charge is 0.396 e. The van der Waals surface area contributed by atoms with E-state index in [1.807, 2.05) is 13.8 Å². The monoisotopic (exact) mass is 197 g/mol. The van der Waals surface area contributed by atoms with Gasteiger partial charge in [0, 0.05) is 12.5 Å². The van der Waals surface area contributed by atoms with Gasteiger partial charge in [0.1, 0.15) is 6.10 Å². The van der Waals surface area contributed by atoms with Crippen LogP contribution in [0.2, 0.25) is 0 Å². The Morgan fingerprint density at radius 1 is 1.43 bits per heavy atom. The Morgan fingerprint density at radius 2 is 2.07 bits per heavy atom. The van der Waals surface area contributed by atoms with Crippen LogP contribution in [0.25, 0.3) is 0 Å². The third kappa shape index (κ3) is 1.42. The van der Waals surface area contributed by atoms with Crippen LogP contribution in [0.3, 0.4) is 0 Å². The first-order chi connectivity index (χ1) is 6.57. The van der Waals surface area contributed by atoms with E-state index in [2.05, 4.69) is 6.07 Å². The van der Waals surface area contributed by atoms with Crippen LogP contribution in [0.5, 0.6) is 0 Å². The van der Waals surface area contributed by atoms with Crippen LogP contribution in [-0.4, -0.2) is 29.7 Å². The minimum atomic E-state index is -0.613. The van der Waals surface area contributed by atoms with Crippen LogP contribution >= 0.6 is 0 Å². The average Bonchev–Trinajstić information content (AvgIpc) is 2.57. The van der Waals surface area contributed by atoms with E-state index in [1.54, 1.807) is 0 Å². The molecule has 78 valence electrons. The van der Waals surface area contributed by atoms with Gasteiger partial charge in [-0.25, -0.2) is 0 Å². The van der Waals surface area contributed by atoms with E-state index < -0.39 is 5.79 Å². The van der Waals surface area contributed by atoms with Gasteiger partial charge in [-0.05, 0) is 20.3 Å². The summed E-state index contributed by atoms with van der Waals surface area (Å²) in [5.41, 5.74) is 0. The Morgan fingerprint density at radius 3 is 2.64 bits per heavy atom. The minimum absolute atomic E-state index is 0.0476. The molecule has 0 aromatic rings. The molecule has 4 unspecified atom stereocenters. The molecule has 4 heteroatoms. The predicted octanol–water partition coefficient (Wildman–Crippen LogP) is 0.658. The summed E-state index contributed by atoms with van der Waals surface area (Å²) in [7, 11) is 0. The van der Waals surface area contributed by atoms with Crippen LogP contribution in [0.1, 0.15) is 20.3 Å². The first-order valence-electron chi connectivity index (χ1n) is 4.93. The molecule has 1 aliphatic heterocycles. The van der Waals surface area contributed by atoms with Gasteiger partial charge >= 0.3 is 0 Å². The van der Waals surface area contributed by atoms with Crippen LogP contribution in [0, 0.1) is 23.2 Å². The number of aliphatic hydroxyl groups is 1. The highest BCUT2D eigenvalue weighted by Gasteiger charge is 2.53. The molecule has 0 amide bonds. The van der Waals surface area contributed by atoms with Gasteiger partial charge < -0.3 is 14.6 Å². The van der Waals surface area contributed by atoms with Crippen molar-refractivity contribution in [2.45, 2.75) is 38.3 Å². The molecule has 1 saturated heterocycles. The summed E-state index contributed by atoms with van der Waals surface area (Å²) in [6.45, 7) is 3.75. The molecule has 0 spiro atoms. The summed E-state index contributed by atoms with van der Waals surface area (Å²) in [5.74, 6) is -0.705. The van der Waals surface area contributed by atoms with Crippen molar-refractivity contribution in [1.29, 1.82) is 5.26 Å². The molecule has 2 fully saturated rings. The van der Waals surface area contributed by atoms with Crippen molar-refractivity contribution in [3.05, 3.63) is 0 Å². The van der Waals surface area contributed by atoms with E-state index in [9.17, 15) is 0 Å². The predicted molar refractivity (Wildman–Crippen MR) is 48.1 cm³/mol. The van der Waals surface area contributed by atoms with Crippen molar-refractivity contribution in [3.63, 3.8) is 0 Å². The Kier molecular flexibility index (Phi) is 2.26. The molecule has 1 heterocycles. The maximum absolute atomic E-state index is 9.15. The smallest absolute Gasteiger partial charge is 0.163 e. The lowest BCUT2D eigenvalue weighted by Crippen LogP contribution is -2.27. The third-order valence-corrected chi connectivity index (χ3v) is 2.98. The van der Waals surface area contributed by atoms with Gasteiger partial charge in [0.25, 0.3) is 0 Å². The van der Waals surface area contributed by atoms with Crippen molar-refractivity contribution < 1.29 is 14.6 Å². The fourth-order valence-corrected chi connectivity index (χ4v) is 2.39. The van der Waals surface area contributed by atoms with Crippen LogP contribution in [0.15, 0.2) is 0 Å². The Hall–Kier alpha value is -0.630. The lowest BCUT2D eigenvalue weighted by Gasteiger charge is -2.21. The molecule has 1 aliphatic carbocycles. The molecule has 0 aromatic carbocycles. The zero-order valence-corrected chi connectivity index (χ0v) is 8.43. The number of rotatable bonds is 1. The molecule has 4 nitrogen and oxygen atoms in total. The van der Waals surface area contributed by atoms with E-state index in [0.717, 1.165) is 0 Å². The van der Waals surface area contributed by atoms with Crippen LogP contribution in [-0.2, 0) is 9.47 Å². The summed E-state index contributed by atoms with van der Waals surface area (Å²) < 4.78 is 11.3. The van der Waals surface area contributed by atoms with Crippen molar-refractivity contribution in [3.8, 4) is 6.07 Å². The SMILES string of the molecule is CC1(C)OC2C(C#N)CC(CO)C2O1.